The van der Waals surface area contributed by atoms with Gasteiger partial charge in [0.25, 0.3) is 0 Å². The van der Waals surface area contributed by atoms with E-state index in [9.17, 15) is 4.79 Å². The molecule has 2 saturated heterocycles. The van der Waals surface area contributed by atoms with Gasteiger partial charge in [-0.25, -0.2) is 0 Å². The monoisotopic (exact) mass is 284 g/mol. The van der Waals surface area contributed by atoms with Crippen LogP contribution in [0, 0.1) is 5.92 Å². The minimum Gasteiger partial charge on any atom is -0.325 e. The molecule has 110 valence electrons. The number of carbonyl (C=O) groups is 1. The fourth-order valence-corrected chi connectivity index (χ4v) is 4.39. The highest BCUT2D eigenvalue weighted by Crippen LogP contribution is 2.29. The molecule has 3 unspecified atom stereocenters. The van der Waals surface area contributed by atoms with Gasteiger partial charge in [0.05, 0.1) is 12.2 Å². The maximum absolute atomic E-state index is 12.6. The number of nitrogens with zero attached hydrogens (tertiary/aromatic N) is 1. The quantitative estimate of drug-likeness (QED) is 0.814. The number of hydrogen-bond donors (Lipinski definition) is 1. The first-order valence-corrected chi connectivity index (χ1v) is 8.84. The van der Waals surface area contributed by atoms with E-state index in [0.29, 0.717) is 17.1 Å². The standard InChI is InChI=1S/C15H28N2OS/c1-4-6-14-16-13(9-11(2)3)15(18)17(14)10-12-7-5-8-19-12/h11-14,16H,4-10H2,1-3H3. The Balaban J connectivity index is 1.97. The summed E-state index contributed by atoms with van der Waals surface area (Å²) in [6.45, 7) is 7.54. The molecule has 3 nitrogen and oxygen atoms in total. The van der Waals surface area contributed by atoms with E-state index in [2.05, 4.69) is 31.0 Å². The number of thioether (sulfide) groups is 1. The third kappa shape index (κ3) is 3.88. The Bertz CT molecular complexity index is 303. The predicted octanol–water partition coefficient (Wildman–Crippen LogP) is 2.85. The Kier molecular flexibility index (Phi) is 5.58. The van der Waals surface area contributed by atoms with Crippen LogP contribution in [0.15, 0.2) is 0 Å². The molecule has 1 amide bonds. The normalized spacial score (nSPS) is 31.7. The Hall–Kier alpha value is -0.220. The molecular formula is C15H28N2OS. The minimum atomic E-state index is 0.0583. The fraction of sp³-hybridized carbons (Fsp3) is 0.933. The van der Waals surface area contributed by atoms with E-state index in [4.69, 9.17) is 0 Å². The van der Waals surface area contributed by atoms with Gasteiger partial charge in [-0.05, 0) is 37.4 Å². The van der Waals surface area contributed by atoms with Gasteiger partial charge >= 0.3 is 0 Å². The molecule has 0 spiro atoms. The summed E-state index contributed by atoms with van der Waals surface area (Å²) < 4.78 is 0. The van der Waals surface area contributed by atoms with Gasteiger partial charge in [-0.15, -0.1) is 0 Å². The molecule has 0 saturated carbocycles. The molecular weight excluding hydrogens is 256 g/mol. The summed E-state index contributed by atoms with van der Waals surface area (Å²) in [5, 5.41) is 4.23. The van der Waals surface area contributed by atoms with Crippen LogP contribution in [-0.2, 0) is 4.79 Å². The van der Waals surface area contributed by atoms with Crippen LogP contribution < -0.4 is 5.32 Å². The number of rotatable bonds is 6. The van der Waals surface area contributed by atoms with Crippen molar-refractivity contribution in [1.29, 1.82) is 0 Å². The van der Waals surface area contributed by atoms with E-state index < -0.39 is 0 Å². The summed E-state index contributed by atoms with van der Waals surface area (Å²) in [5.74, 6) is 2.19. The molecule has 19 heavy (non-hydrogen) atoms. The van der Waals surface area contributed by atoms with Crippen molar-refractivity contribution in [3.8, 4) is 0 Å². The average molecular weight is 284 g/mol. The molecule has 3 atom stereocenters. The van der Waals surface area contributed by atoms with Gasteiger partial charge < -0.3 is 4.90 Å². The lowest BCUT2D eigenvalue weighted by Gasteiger charge is -2.26. The van der Waals surface area contributed by atoms with Gasteiger partial charge in [0.1, 0.15) is 0 Å². The van der Waals surface area contributed by atoms with Crippen molar-refractivity contribution in [2.75, 3.05) is 12.3 Å². The third-order valence-electron chi connectivity index (χ3n) is 4.04. The van der Waals surface area contributed by atoms with Crippen LogP contribution in [0.1, 0.15) is 52.9 Å². The number of hydrogen-bond acceptors (Lipinski definition) is 3. The smallest absolute Gasteiger partial charge is 0.241 e. The summed E-state index contributed by atoms with van der Waals surface area (Å²) in [5.41, 5.74) is 0. The second-order valence-electron chi connectivity index (χ2n) is 6.28. The second kappa shape index (κ2) is 6.98. The van der Waals surface area contributed by atoms with Crippen molar-refractivity contribution < 1.29 is 4.79 Å². The molecule has 0 aromatic heterocycles. The zero-order chi connectivity index (χ0) is 13.8. The lowest BCUT2D eigenvalue weighted by molar-refractivity contribution is -0.130. The molecule has 1 N–H and O–H groups in total. The largest absolute Gasteiger partial charge is 0.325 e. The minimum absolute atomic E-state index is 0.0583. The fourth-order valence-electron chi connectivity index (χ4n) is 3.13. The maximum atomic E-state index is 12.6. The lowest BCUT2D eigenvalue weighted by Crippen LogP contribution is -2.40. The zero-order valence-electron chi connectivity index (χ0n) is 12.5. The molecule has 2 aliphatic heterocycles. The zero-order valence-corrected chi connectivity index (χ0v) is 13.3. The highest BCUT2D eigenvalue weighted by Gasteiger charge is 2.39. The molecule has 0 radical (unpaired) electrons. The van der Waals surface area contributed by atoms with Gasteiger partial charge in [-0.2, -0.15) is 11.8 Å². The van der Waals surface area contributed by atoms with E-state index in [1.54, 1.807) is 0 Å². The van der Waals surface area contributed by atoms with Crippen molar-refractivity contribution in [3.05, 3.63) is 0 Å². The van der Waals surface area contributed by atoms with E-state index in [1.807, 2.05) is 11.8 Å². The number of amides is 1. The molecule has 4 heteroatoms. The summed E-state index contributed by atoms with van der Waals surface area (Å²) >= 11 is 2.04. The Morgan fingerprint density at radius 1 is 1.47 bits per heavy atom. The Labute approximate surface area is 121 Å². The molecule has 0 bridgehead atoms. The van der Waals surface area contributed by atoms with Crippen molar-refractivity contribution in [2.24, 2.45) is 5.92 Å². The van der Waals surface area contributed by atoms with Crippen molar-refractivity contribution in [1.82, 2.24) is 10.2 Å². The van der Waals surface area contributed by atoms with E-state index >= 15 is 0 Å². The first-order chi connectivity index (χ1) is 9.11. The van der Waals surface area contributed by atoms with Crippen LogP contribution in [0.25, 0.3) is 0 Å². The maximum Gasteiger partial charge on any atom is 0.241 e. The highest BCUT2D eigenvalue weighted by atomic mass is 32.2. The van der Waals surface area contributed by atoms with Crippen molar-refractivity contribution in [3.63, 3.8) is 0 Å². The van der Waals surface area contributed by atoms with Gasteiger partial charge in [-0.3, -0.25) is 10.1 Å². The summed E-state index contributed by atoms with van der Waals surface area (Å²) in [6, 6.07) is 0.0583. The summed E-state index contributed by atoms with van der Waals surface area (Å²) in [4.78, 5) is 14.7. The van der Waals surface area contributed by atoms with Crippen LogP contribution in [0.2, 0.25) is 0 Å². The van der Waals surface area contributed by atoms with E-state index in [1.165, 1.54) is 18.6 Å². The highest BCUT2D eigenvalue weighted by molar-refractivity contribution is 8.00. The van der Waals surface area contributed by atoms with Crippen LogP contribution in [0.5, 0.6) is 0 Å². The number of carbonyl (C=O) groups excluding carboxylic acids is 1. The van der Waals surface area contributed by atoms with E-state index in [-0.39, 0.29) is 12.2 Å². The predicted molar refractivity (Wildman–Crippen MR) is 82.3 cm³/mol. The lowest BCUT2D eigenvalue weighted by atomic mass is 10.0. The van der Waals surface area contributed by atoms with E-state index in [0.717, 1.165) is 25.8 Å². The van der Waals surface area contributed by atoms with Crippen LogP contribution in [0.3, 0.4) is 0 Å². The number of nitrogens with one attached hydrogen (secondary N) is 1. The Morgan fingerprint density at radius 2 is 2.26 bits per heavy atom. The van der Waals surface area contributed by atoms with Gasteiger partial charge in [0.2, 0.25) is 5.91 Å². The first kappa shape index (κ1) is 15.2. The molecule has 0 aliphatic carbocycles. The van der Waals surface area contributed by atoms with Crippen LogP contribution in [-0.4, -0.2) is 40.6 Å². The van der Waals surface area contributed by atoms with Gasteiger partial charge in [0, 0.05) is 11.8 Å². The molecule has 2 rings (SSSR count). The summed E-state index contributed by atoms with van der Waals surface area (Å²) in [6.07, 6.45) is 6.06. The topological polar surface area (TPSA) is 32.3 Å². The first-order valence-electron chi connectivity index (χ1n) is 7.80. The van der Waals surface area contributed by atoms with Crippen LogP contribution >= 0.6 is 11.8 Å². The summed E-state index contributed by atoms with van der Waals surface area (Å²) in [7, 11) is 0. The van der Waals surface area contributed by atoms with Gasteiger partial charge in [-0.1, -0.05) is 27.2 Å². The molecule has 0 aromatic carbocycles. The van der Waals surface area contributed by atoms with Crippen LogP contribution in [0.4, 0.5) is 0 Å². The molecule has 0 aromatic rings. The average Bonchev–Trinajstić information content (AvgIpc) is 2.94. The molecule has 2 aliphatic rings. The van der Waals surface area contributed by atoms with Crippen molar-refractivity contribution in [2.45, 2.75) is 70.3 Å². The third-order valence-corrected chi connectivity index (χ3v) is 5.43. The molecule has 2 heterocycles. The van der Waals surface area contributed by atoms with Crippen molar-refractivity contribution >= 4 is 17.7 Å². The second-order valence-corrected chi connectivity index (χ2v) is 7.69. The molecule has 2 fully saturated rings. The Morgan fingerprint density at radius 3 is 2.84 bits per heavy atom. The SMILES string of the molecule is CCCC1NC(CC(C)C)C(=O)N1CC1CCCS1. The van der Waals surface area contributed by atoms with Gasteiger partial charge in [0.15, 0.2) is 0 Å².